The number of benzene rings is 1. The molecule has 1 fully saturated rings. The molecule has 130 valence electrons. The van der Waals surface area contributed by atoms with Crippen molar-refractivity contribution in [2.24, 2.45) is 17.6 Å². The molecule has 3 nitrogen and oxygen atoms in total. The smallest absolute Gasteiger partial charge is 0.119 e. The number of piperidine rings is 1. The standard InChI is InChI=1S/C20H34N2O/c1-4-5-6-11-23-19-9-7-18(8-10-19)20(13-21)22-14-16(2)12-17(3)15-22/h7-10,16-17,20H,4-6,11-15,21H2,1-3H3. The zero-order valence-corrected chi connectivity index (χ0v) is 15.1. The van der Waals surface area contributed by atoms with E-state index >= 15 is 0 Å². The van der Waals surface area contributed by atoms with Gasteiger partial charge in [0, 0.05) is 25.7 Å². The van der Waals surface area contributed by atoms with E-state index in [1.807, 2.05) is 0 Å². The number of hydrogen-bond acceptors (Lipinski definition) is 3. The lowest BCUT2D eigenvalue weighted by Crippen LogP contribution is -2.43. The Morgan fingerprint density at radius 3 is 2.35 bits per heavy atom. The van der Waals surface area contributed by atoms with E-state index in [0.717, 1.165) is 43.7 Å². The Bertz CT molecular complexity index is 435. The van der Waals surface area contributed by atoms with E-state index in [0.29, 0.717) is 12.6 Å². The Kier molecular flexibility index (Phi) is 7.38. The quantitative estimate of drug-likeness (QED) is 0.729. The van der Waals surface area contributed by atoms with Crippen LogP contribution < -0.4 is 10.5 Å². The summed E-state index contributed by atoms with van der Waals surface area (Å²) >= 11 is 0. The van der Waals surface area contributed by atoms with E-state index in [1.165, 1.54) is 24.8 Å². The molecule has 2 rings (SSSR count). The van der Waals surface area contributed by atoms with Gasteiger partial charge in [0.05, 0.1) is 6.61 Å². The van der Waals surface area contributed by atoms with Crippen molar-refractivity contribution in [3.63, 3.8) is 0 Å². The van der Waals surface area contributed by atoms with E-state index in [1.54, 1.807) is 0 Å². The molecule has 2 N–H and O–H groups in total. The number of unbranched alkanes of at least 4 members (excludes halogenated alkanes) is 2. The average molecular weight is 319 g/mol. The van der Waals surface area contributed by atoms with Crippen LogP contribution in [0.5, 0.6) is 5.75 Å². The van der Waals surface area contributed by atoms with Crippen LogP contribution >= 0.6 is 0 Å². The molecule has 0 aromatic heterocycles. The van der Waals surface area contributed by atoms with Crippen molar-refractivity contribution in [3.05, 3.63) is 29.8 Å². The Morgan fingerprint density at radius 1 is 1.13 bits per heavy atom. The summed E-state index contributed by atoms with van der Waals surface area (Å²) in [4.78, 5) is 2.57. The summed E-state index contributed by atoms with van der Waals surface area (Å²) in [7, 11) is 0. The van der Waals surface area contributed by atoms with Crippen LogP contribution in [0.1, 0.15) is 58.1 Å². The molecule has 0 amide bonds. The molecule has 1 aromatic carbocycles. The van der Waals surface area contributed by atoms with Gasteiger partial charge in [0.1, 0.15) is 5.75 Å². The molecule has 1 saturated heterocycles. The van der Waals surface area contributed by atoms with Crippen molar-refractivity contribution in [2.45, 2.75) is 52.5 Å². The van der Waals surface area contributed by atoms with Gasteiger partial charge >= 0.3 is 0 Å². The van der Waals surface area contributed by atoms with E-state index < -0.39 is 0 Å². The van der Waals surface area contributed by atoms with E-state index in [4.69, 9.17) is 10.5 Å². The lowest BCUT2D eigenvalue weighted by atomic mass is 9.89. The van der Waals surface area contributed by atoms with Crippen molar-refractivity contribution in [1.29, 1.82) is 0 Å². The van der Waals surface area contributed by atoms with Gasteiger partial charge in [-0.3, -0.25) is 4.90 Å². The molecule has 0 saturated carbocycles. The molecule has 1 heterocycles. The lowest BCUT2D eigenvalue weighted by Gasteiger charge is -2.40. The zero-order valence-electron chi connectivity index (χ0n) is 15.1. The van der Waals surface area contributed by atoms with E-state index in [2.05, 4.69) is 49.9 Å². The van der Waals surface area contributed by atoms with Crippen LogP contribution in [-0.2, 0) is 0 Å². The second-order valence-electron chi connectivity index (χ2n) is 7.28. The largest absolute Gasteiger partial charge is 0.494 e. The van der Waals surface area contributed by atoms with Crippen molar-refractivity contribution in [2.75, 3.05) is 26.2 Å². The number of rotatable bonds is 8. The maximum atomic E-state index is 6.11. The van der Waals surface area contributed by atoms with Crippen LogP contribution in [-0.4, -0.2) is 31.1 Å². The normalized spacial score (nSPS) is 23.7. The Morgan fingerprint density at radius 2 is 1.78 bits per heavy atom. The first kappa shape index (κ1) is 18.3. The molecule has 1 aliphatic rings. The highest BCUT2D eigenvalue weighted by atomic mass is 16.5. The van der Waals surface area contributed by atoms with Crippen LogP contribution in [0.15, 0.2) is 24.3 Å². The molecule has 3 unspecified atom stereocenters. The van der Waals surface area contributed by atoms with Crippen LogP contribution in [0.25, 0.3) is 0 Å². The van der Waals surface area contributed by atoms with Gasteiger partial charge < -0.3 is 10.5 Å². The summed E-state index contributed by atoms with van der Waals surface area (Å²) in [6, 6.07) is 8.91. The Labute approximate surface area is 142 Å². The monoisotopic (exact) mass is 318 g/mol. The summed E-state index contributed by atoms with van der Waals surface area (Å²) in [6.07, 6.45) is 4.93. The van der Waals surface area contributed by atoms with Gasteiger partial charge in [-0.1, -0.05) is 45.7 Å². The maximum Gasteiger partial charge on any atom is 0.119 e. The highest BCUT2D eigenvalue weighted by Gasteiger charge is 2.27. The highest BCUT2D eigenvalue weighted by Crippen LogP contribution is 2.29. The zero-order chi connectivity index (χ0) is 16.7. The Hall–Kier alpha value is -1.06. The van der Waals surface area contributed by atoms with Crippen LogP contribution in [0.2, 0.25) is 0 Å². The summed E-state index contributed by atoms with van der Waals surface area (Å²) < 4.78 is 5.81. The first-order chi connectivity index (χ1) is 11.1. The predicted octanol–water partition coefficient (Wildman–Crippen LogP) is 4.23. The molecule has 1 aromatic rings. The third-order valence-electron chi connectivity index (χ3n) is 4.84. The third-order valence-corrected chi connectivity index (χ3v) is 4.84. The summed E-state index contributed by atoms with van der Waals surface area (Å²) in [5, 5.41) is 0. The van der Waals surface area contributed by atoms with Gasteiger partial charge in [-0.2, -0.15) is 0 Å². The predicted molar refractivity (Wildman–Crippen MR) is 97.8 cm³/mol. The fourth-order valence-electron chi connectivity index (χ4n) is 3.79. The van der Waals surface area contributed by atoms with E-state index in [9.17, 15) is 0 Å². The van der Waals surface area contributed by atoms with Gasteiger partial charge in [0.25, 0.3) is 0 Å². The summed E-state index contributed by atoms with van der Waals surface area (Å²) in [5.74, 6) is 2.49. The molecule has 0 aliphatic carbocycles. The Balaban J connectivity index is 1.95. The van der Waals surface area contributed by atoms with Gasteiger partial charge in [0.15, 0.2) is 0 Å². The molecular weight excluding hydrogens is 284 g/mol. The minimum atomic E-state index is 0.328. The molecule has 0 radical (unpaired) electrons. The fourth-order valence-corrected chi connectivity index (χ4v) is 3.79. The van der Waals surface area contributed by atoms with Gasteiger partial charge in [-0.05, 0) is 42.4 Å². The number of nitrogens with two attached hydrogens (primary N) is 1. The van der Waals surface area contributed by atoms with Gasteiger partial charge in [0.2, 0.25) is 0 Å². The second kappa shape index (κ2) is 9.29. The van der Waals surface area contributed by atoms with Crippen molar-refractivity contribution in [1.82, 2.24) is 4.90 Å². The van der Waals surface area contributed by atoms with Crippen molar-refractivity contribution < 1.29 is 4.74 Å². The molecule has 0 spiro atoms. The average Bonchev–Trinajstić information content (AvgIpc) is 2.53. The van der Waals surface area contributed by atoms with Crippen molar-refractivity contribution >= 4 is 0 Å². The van der Waals surface area contributed by atoms with Gasteiger partial charge in [-0.25, -0.2) is 0 Å². The second-order valence-corrected chi connectivity index (χ2v) is 7.28. The molecule has 1 aliphatic heterocycles. The third kappa shape index (κ3) is 5.50. The molecule has 0 bridgehead atoms. The number of ether oxygens (including phenoxy) is 1. The highest BCUT2D eigenvalue weighted by molar-refractivity contribution is 5.29. The minimum Gasteiger partial charge on any atom is -0.494 e. The first-order valence-electron chi connectivity index (χ1n) is 9.30. The summed E-state index contributed by atoms with van der Waals surface area (Å²) in [6.45, 7) is 10.7. The fraction of sp³-hybridized carbons (Fsp3) is 0.700. The van der Waals surface area contributed by atoms with Crippen molar-refractivity contribution in [3.8, 4) is 5.75 Å². The summed E-state index contributed by atoms with van der Waals surface area (Å²) in [5.41, 5.74) is 7.42. The van der Waals surface area contributed by atoms with Gasteiger partial charge in [-0.15, -0.1) is 0 Å². The number of nitrogens with zero attached hydrogens (tertiary/aromatic N) is 1. The minimum absolute atomic E-state index is 0.328. The maximum absolute atomic E-state index is 6.11. The topological polar surface area (TPSA) is 38.5 Å². The molecule has 3 heteroatoms. The van der Waals surface area contributed by atoms with Crippen LogP contribution in [0.4, 0.5) is 0 Å². The van der Waals surface area contributed by atoms with Crippen LogP contribution in [0, 0.1) is 11.8 Å². The molecule has 3 atom stereocenters. The lowest BCUT2D eigenvalue weighted by molar-refractivity contribution is 0.0984. The number of likely N-dealkylation sites (tertiary alicyclic amines) is 1. The SMILES string of the molecule is CCCCCOc1ccc(C(CN)N2CC(C)CC(C)C2)cc1. The molecular formula is C20H34N2O. The van der Waals surface area contributed by atoms with Crippen LogP contribution in [0.3, 0.4) is 0 Å². The molecule has 23 heavy (non-hydrogen) atoms. The van der Waals surface area contributed by atoms with E-state index in [-0.39, 0.29) is 0 Å². The number of hydrogen-bond donors (Lipinski definition) is 1. The first-order valence-corrected chi connectivity index (χ1v) is 9.30.